The quantitative estimate of drug-likeness (QED) is 0.795. The van der Waals surface area contributed by atoms with E-state index in [1.165, 1.54) is 11.3 Å². The Morgan fingerprint density at radius 3 is 2.82 bits per heavy atom. The van der Waals surface area contributed by atoms with Crippen LogP contribution in [0.1, 0.15) is 14.5 Å². The Hall–Kier alpha value is -0.190. The number of thiophene rings is 1. The van der Waals surface area contributed by atoms with Crippen molar-refractivity contribution >= 4 is 33.0 Å². The van der Waals surface area contributed by atoms with Gasteiger partial charge in [0, 0.05) is 9.35 Å². The van der Waals surface area contributed by atoms with Crippen LogP contribution in [0.5, 0.6) is 0 Å². The largest absolute Gasteiger partial charge is 0.324 e. The molecule has 0 aromatic carbocycles. The smallest absolute Gasteiger partial charge is 0.186 e. The van der Waals surface area contributed by atoms with Crippen LogP contribution in [0, 0.1) is 6.92 Å². The summed E-state index contributed by atoms with van der Waals surface area (Å²) in [5.41, 5.74) is 5.21. The third-order valence-electron chi connectivity index (χ3n) is 1.32. The van der Waals surface area contributed by atoms with Crippen molar-refractivity contribution in [2.45, 2.75) is 6.92 Å². The standard InChI is InChI=1S/C7H8BrNOS/c1-4-5(8)2-7(11-4)6(10)3-9/h2H,3,9H2,1H3. The van der Waals surface area contributed by atoms with Crippen molar-refractivity contribution in [3.05, 3.63) is 20.3 Å². The molecule has 0 fully saturated rings. The number of ketones is 1. The minimum absolute atomic E-state index is 0.00352. The molecule has 0 aliphatic rings. The van der Waals surface area contributed by atoms with E-state index < -0.39 is 0 Å². The van der Waals surface area contributed by atoms with Gasteiger partial charge >= 0.3 is 0 Å². The van der Waals surface area contributed by atoms with Crippen molar-refractivity contribution in [3.8, 4) is 0 Å². The summed E-state index contributed by atoms with van der Waals surface area (Å²) in [6, 6.07) is 1.81. The highest BCUT2D eigenvalue weighted by Gasteiger charge is 2.08. The van der Waals surface area contributed by atoms with E-state index in [1.807, 2.05) is 13.0 Å². The van der Waals surface area contributed by atoms with Gasteiger partial charge in [0.25, 0.3) is 0 Å². The lowest BCUT2D eigenvalue weighted by Crippen LogP contribution is -2.11. The second kappa shape index (κ2) is 3.47. The lowest BCUT2D eigenvalue weighted by molar-refractivity contribution is 0.100. The van der Waals surface area contributed by atoms with Crippen LogP contribution >= 0.6 is 27.3 Å². The first-order chi connectivity index (χ1) is 5.15. The molecule has 0 aliphatic carbocycles. The van der Waals surface area contributed by atoms with Crippen LogP contribution in [0.2, 0.25) is 0 Å². The van der Waals surface area contributed by atoms with E-state index in [0.29, 0.717) is 0 Å². The van der Waals surface area contributed by atoms with Crippen LogP contribution in [0.4, 0.5) is 0 Å². The number of nitrogens with two attached hydrogens (primary N) is 1. The zero-order chi connectivity index (χ0) is 8.43. The van der Waals surface area contributed by atoms with Crippen LogP contribution < -0.4 is 5.73 Å². The lowest BCUT2D eigenvalue weighted by atomic mass is 10.3. The Balaban J connectivity index is 2.97. The average Bonchev–Trinajstić information content (AvgIpc) is 2.31. The first-order valence-electron chi connectivity index (χ1n) is 3.14. The molecule has 60 valence electrons. The molecule has 0 saturated carbocycles. The van der Waals surface area contributed by atoms with Gasteiger partial charge in [-0.25, -0.2) is 0 Å². The average molecular weight is 234 g/mol. The third-order valence-corrected chi connectivity index (χ3v) is 3.50. The molecule has 0 amide bonds. The minimum atomic E-state index is 0.00352. The van der Waals surface area contributed by atoms with Crippen LogP contribution in [0.3, 0.4) is 0 Å². The van der Waals surface area contributed by atoms with Crippen molar-refractivity contribution in [3.63, 3.8) is 0 Å². The molecule has 2 N–H and O–H groups in total. The highest BCUT2D eigenvalue weighted by atomic mass is 79.9. The summed E-state index contributed by atoms with van der Waals surface area (Å²) in [5, 5.41) is 0. The Morgan fingerprint density at radius 2 is 2.45 bits per heavy atom. The van der Waals surface area contributed by atoms with E-state index in [4.69, 9.17) is 5.73 Å². The van der Waals surface area contributed by atoms with E-state index >= 15 is 0 Å². The number of rotatable bonds is 2. The van der Waals surface area contributed by atoms with Crippen LogP contribution in [-0.2, 0) is 0 Å². The highest BCUT2D eigenvalue weighted by molar-refractivity contribution is 9.10. The van der Waals surface area contributed by atoms with Gasteiger partial charge in [0.05, 0.1) is 11.4 Å². The van der Waals surface area contributed by atoms with Gasteiger partial charge in [-0.05, 0) is 28.9 Å². The van der Waals surface area contributed by atoms with Crippen LogP contribution in [-0.4, -0.2) is 12.3 Å². The van der Waals surface area contributed by atoms with Crippen molar-refractivity contribution in [2.24, 2.45) is 5.73 Å². The maximum Gasteiger partial charge on any atom is 0.186 e. The van der Waals surface area contributed by atoms with Crippen molar-refractivity contribution in [2.75, 3.05) is 6.54 Å². The van der Waals surface area contributed by atoms with Gasteiger partial charge in [-0.15, -0.1) is 11.3 Å². The Bertz CT molecular complexity index is 262. The molecule has 0 saturated heterocycles. The highest BCUT2D eigenvalue weighted by Crippen LogP contribution is 2.26. The Kier molecular flexibility index (Phi) is 2.81. The second-order valence-corrected chi connectivity index (χ2v) is 4.25. The SMILES string of the molecule is Cc1sc(C(=O)CN)cc1Br. The molecule has 1 rings (SSSR count). The zero-order valence-corrected chi connectivity index (χ0v) is 8.46. The number of halogens is 1. The second-order valence-electron chi connectivity index (χ2n) is 2.14. The molecular weight excluding hydrogens is 226 g/mol. The fourth-order valence-electron chi connectivity index (χ4n) is 0.698. The van der Waals surface area contributed by atoms with E-state index in [2.05, 4.69) is 15.9 Å². The van der Waals surface area contributed by atoms with E-state index in [0.717, 1.165) is 14.2 Å². The topological polar surface area (TPSA) is 43.1 Å². The van der Waals surface area contributed by atoms with Gasteiger partial charge in [-0.3, -0.25) is 4.79 Å². The van der Waals surface area contributed by atoms with Gasteiger partial charge in [0.2, 0.25) is 0 Å². The summed E-state index contributed by atoms with van der Waals surface area (Å²) in [5.74, 6) is 0.00352. The molecule has 11 heavy (non-hydrogen) atoms. The third kappa shape index (κ3) is 1.89. The Labute approximate surface area is 77.5 Å². The molecule has 0 bridgehead atoms. The van der Waals surface area contributed by atoms with Crippen LogP contribution in [0.15, 0.2) is 10.5 Å². The number of hydrogen-bond acceptors (Lipinski definition) is 3. The lowest BCUT2D eigenvalue weighted by Gasteiger charge is -1.87. The van der Waals surface area contributed by atoms with E-state index in [9.17, 15) is 4.79 Å². The minimum Gasteiger partial charge on any atom is -0.324 e. The molecule has 0 radical (unpaired) electrons. The fourth-order valence-corrected chi connectivity index (χ4v) is 2.18. The number of aryl methyl sites for hydroxylation is 1. The van der Waals surface area contributed by atoms with Gasteiger partial charge in [-0.2, -0.15) is 0 Å². The number of carbonyl (C=O) groups excluding carboxylic acids is 1. The fraction of sp³-hybridized carbons (Fsp3) is 0.286. The molecule has 2 nitrogen and oxygen atoms in total. The monoisotopic (exact) mass is 233 g/mol. The predicted octanol–water partition coefficient (Wildman–Crippen LogP) is 1.96. The molecule has 0 atom stereocenters. The maximum atomic E-state index is 11.0. The maximum absolute atomic E-state index is 11.0. The molecule has 0 spiro atoms. The van der Waals surface area contributed by atoms with Crippen molar-refractivity contribution < 1.29 is 4.79 Å². The normalized spacial score (nSPS) is 10.1. The predicted molar refractivity (Wildman–Crippen MR) is 50.1 cm³/mol. The summed E-state index contributed by atoms with van der Waals surface area (Å²) in [6.45, 7) is 2.05. The first kappa shape index (κ1) is 8.90. The molecule has 1 aromatic heterocycles. The van der Waals surface area contributed by atoms with Crippen LogP contribution in [0.25, 0.3) is 0 Å². The summed E-state index contributed by atoms with van der Waals surface area (Å²) < 4.78 is 0.985. The summed E-state index contributed by atoms with van der Waals surface area (Å²) in [6.07, 6.45) is 0. The molecule has 4 heteroatoms. The molecule has 1 heterocycles. The summed E-state index contributed by atoms with van der Waals surface area (Å²) in [4.78, 5) is 12.9. The number of hydrogen-bond donors (Lipinski definition) is 1. The number of Topliss-reactive ketones (excluding diaryl/α,β-unsaturated/α-hetero) is 1. The Morgan fingerprint density at radius 1 is 1.82 bits per heavy atom. The molecular formula is C7H8BrNOS. The van der Waals surface area contributed by atoms with E-state index in [1.54, 1.807) is 0 Å². The first-order valence-corrected chi connectivity index (χ1v) is 4.75. The summed E-state index contributed by atoms with van der Waals surface area (Å²) in [7, 11) is 0. The molecule has 1 aromatic rings. The van der Waals surface area contributed by atoms with Gasteiger partial charge in [0.1, 0.15) is 0 Å². The van der Waals surface area contributed by atoms with Gasteiger partial charge in [-0.1, -0.05) is 0 Å². The zero-order valence-electron chi connectivity index (χ0n) is 6.06. The molecule has 0 unspecified atom stereocenters. The van der Waals surface area contributed by atoms with Gasteiger partial charge < -0.3 is 5.73 Å². The van der Waals surface area contributed by atoms with Crippen molar-refractivity contribution in [1.29, 1.82) is 0 Å². The molecule has 0 aliphatic heterocycles. The summed E-state index contributed by atoms with van der Waals surface area (Å²) >= 11 is 4.80. The van der Waals surface area contributed by atoms with E-state index in [-0.39, 0.29) is 12.3 Å². The number of carbonyl (C=O) groups is 1. The van der Waals surface area contributed by atoms with Gasteiger partial charge in [0.15, 0.2) is 5.78 Å². The van der Waals surface area contributed by atoms with Crippen molar-refractivity contribution in [1.82, 2.24) is 0 Å².